The van der Waals surface area contributed by atoms with Crippen molar-refractivity contribution in [2.75, 3.05) is 13.1 Å². The van der Waals surface area contributed by atoms with Gasteiger partial charge >= 0.3 is 0 Å². The number of hydrogen-bond donors (Lipinski definition) is 0. The van der Waals surface area contributed by atoms with Crippen LogP contribution in [-0.4, -0.2) is 25.2 Å². The third kappa shape index (κ3) is 43.7. The Hall–Kier alpha value is -1.24. The van der Waals surface area contributed by atoms with E-state index in [0.29, 0.717) is 13.1 Å². The van der Waals surface area contributed by atoms with E-state index in [-0.39, 0.29) is 0 Å². The normalized spacial score (nSPS) is 8.00. The summed E-state index contributed by atoms with van der Waals surface area (Å²) in [6, 6.07) is 0. The van der Waals surface area contributed by atoms with E-state index in [4.69, 9.17) is 0 Å². The number of hydrogen-bond acceptors (Lipinski definition) is 4. The van der Waals surface area contributed by atoms with E-state index in [9.17, 15) is 9.59 Å². The Bertz CT molecular complexity index is 217. The van der Waals surface area contributed by atoms with E-state index in [0.717, 1.165) is 25.7 Å². The zero-order valence-electron chi connectivity index (χ0n) is 13.8. The third-order valence-corrected chi connectivity index (χ3v) is 2.33. The van der Waals surface area contributed by atoms with Gasteiger partial charge in [0.2, 0.25) is 12.2 Å². The molecule has 0 aliphatic carbocycles. The van der Waals surface area contributed by atoms with Crippen LogP contribution in [0.25, 0.3) is 0 Å². The topological polar surface area (TPSA) is 58.9 Å². The van der Waals surface area contributed by atoms with Gasteiger partial charge in [-0.3, -0.25) is 0 Å². The molecule has 0 atom stereocenters. The first-order chi connectivity index (χ1) is 9.74. The van der Waals surface area contributed by atoms with Crippen molar-refractivity contribution in [3.05, 3.63) is 0 Å². The number of isocyanates is 2. The minimum atomic E-state index is 0.639. The molecule has 0 heterocycles. The standard InChI is InChI=1S/C6H14.2C5H9NO/c1-3-5-6-4-2;2*1-2-3-4-6-5-7/h3-6H2,1-2H3;2*2-4H2,1H3. The minimum Gasteiger partial charge on any atom is -0.211 e. The van der Waals surface area contributed by atoms with E-state index in [1.165, 1.54) is 37.8 Å². The second-order valence-corrected chi connectivity index (χ2v) is 4.36. The molecule has 0 aromatic heterocycles. The van der Waals surface area contributed by atoms with Gasteiger partial charge in [0.25, 0.3) is 0 Å². The zero-order valence-corrected chi connectivity index (χ0v) is 13.8. The quantitative estimate of drug-likeness (QED) is 0.346. The Morgan fingerprint density at radius 2 is 0.900 bits per heavy atom. The molecule has 4 heteroatoms. The van der Waals surface area contributed by atoms with Crippen LogP contribution in [0, 0.1) is 0 Å². The lowest BCUT2D eigenvalue weighted by atomic mass is 10.2. The molecule has 0 spiro atoms. The van der Waals surface area contributed by atoms with E-state index in [1.807, 2.05) is 0 Å². The van der Waals surface area contributed by atoms with Gasteiger partial charge in [-0.05, 0) is 12.8 Å². The molecule has 0 radical (unpaired) electrons. The predicted molar refractivity (Wildman–Crippen MR) is 85.6 cm³/mol. The van der Waals surface area contributed by atoms with Crippen LogP contribution >= 0.6 is 0 Å². The van der Waals surface area contributed by atoms with Crippen LogP contribution in [0.1, 0.15) is 79.1 Å². The van der Waals surface area contributed by atoms with Crippen LogP contribution in [0.3, 0.4) is 0 Å². The molecule has 0 aromatic carbocycles. The zero-order chi connectivity index (χ0) is 15.9. The molecule has 0 saturated carbocycles. The van der Waals surface area contributed by atoms with Crippen LogP contribution in [0.15, 0.2) is 9.98 Å². The molecule has 0 rings (SSSR count). The number of unbranched alkanes of at least 4 members (excludes halogenated alkanes) is 5. The van der Waals surface area contributed by atoms with Gasteiger partial charge in [0.05, 0.1) is 13.1 Å². The molecular formula is C16H32N2O2. The monoisotopic (exact) mass is 284 g/mol. The van der Waals surface area contributed by atoms with Crippen molar-refractivity contribution in [3.8, 4) is 0 Å². The van der Waals surface area contributed by atoms with Gasteiger partial charge in [-0.25, -0.2) is 19.6 Å². The number of aliphatic imine (C=N–C) groups is 2. The fourth-order valence-corrected chi connectivity index (χ4v) is 1.07. The lowest BCUT2D eigenvalue weighted by Crippen LogP contribution is -1.74. The highest BCUT2D eigenvalue weighted by atomic mass is 16.1. The first-order valence-corrected chi connectivity index (χ1v) is 7.82. The molecule has 0 unspecified atom stereocenters. The summed E-state index contributed by atoms with van der Waals surface area (Å²) in [5.74, 6) is 0. The summed E-state index contributed by atoms with van der Waals surface area (Å²) in [5.41, 5.74) is 0. The van der Waals surface area contributed by atoms with Gasteiger partial charge in [0.15, 0.2) is 0 Å². The third-order valence-electron chi connectivity index (χ3n) is 2.33. The lowest BCUT2D eigenvalue weighted by Gasteiger charge is -1.86. The van der Waals surface area contributed by atoms with Crippen LogP contribution in [0.4, 0.5) is 0 Å². The SMILES string of the molecule is CCCCCC.CCCCN=C=O.CCCCN=C=O. The van der Waals surface area contributed by atoms with Crippen LogP contribution in [-0.2, 0) is 9.59 Å². The van der Waals surface area contributed by atoms with E-state index < -0.39 is 0 Å². The predicted octanol–water partition coefficient (Wildman–Crippen LogP) is 4.83. The van der Waals surface area contributed by atoms with E-state index in [1.54, 1.807) is 0 Å². The molecule has 0 bridgehead atoms. The molecule has 118 valence electrons. The highest BCUT2D eigenvalue weighted by molar-refractivity contribution is 5.32. The molecule has 0 aliphatic rings. The maximum Gasteiger partial charge on any atom is 0.234 e. The molecule has 0 amide bonds. The smallest absolute Gasteiger partial charge is 0.211 e. The Labute approximate surface area is 124 Å². The second-order valence-electron chi connectivity index (χ2n) is 4.36. The fourth-order valence-electron chi connectivity index (χ4n) is 1.07. The van der Waals surface area contributed by atoms with Gasteiger partial charge in [0, 0.05) is 0 Å². The summed E-state index contributed by atoms with van der Waals surface area (Å²) in [6.45, 7) is 9.85. The van der Waals surface area contributed by atoms with Gasteiger partial charge in [0.1, 0.15) is 0 Å². The fraction of sp³-hybridized carbons (Fsp3) is 0.875. The molecule has 0 aromatic rings. The van der Waals surface area contributed by atoms with Crippen molar-refractivity contribution < 1.29 is 9.59 Å². The summed E-state index contributed by atoms with van der Waals surface area (Å²) in [5, 5.41) is 0. The highest BCUT2D eigenvalue weighted by Crippen LogP contribution is 1.95. The maximum absolute atomic E-state index is 9.39. The first kappa shape index (κ1) is 23.8. The van der Waals surface area contributed by atoms with Crippen LogP contribution < -0.4 is 0 Å². The summed E-state index contributed by atoms with van der Waals surface area (Å²) in [6.07, 6.45) is 12.7. The van der Waals surface area contributed by atoms with Gasteiger partial charge in [-0.15, -0.1) is 0 Å². The highest BCUT2D eigenvalue weighted by Gasteiger charge is 1.76. The Morgan fingerprint density at radius 3 is 1.10 bits per heavy atom. The Balaban J connectivity index is -0.000000218. The number of nitrogens with zero attached hydrogens (tertiary/aromatic N) is 2. The molecule has 0 fully saturated rings. The summed E-state index contributed by atoms with van der Waals surface area (Å²) in [4.78, 5) is 25.5. The molecule has 20 heavy (non-hydrogen) atoms. The lowest BCUT2D eigenvalue weighted by molar-refractivity contribution is 0.561. The molecule has 4 nitrogen and oxygen atoms in total. The van der Waals surface area contributed by atoms with Crippen molar-refractivity contribution in [1.29, 1.82) is 0 Å². The molecular weight excluding hydrogens is 252 g/mol. The van der Waals surface area contributed by atoms with Crippen molar-refractivity contribution in [3.63, 3.8) is 0 Å². The average Bonchev–Trinajstić information content (AvgIpc) is 2.48. The van der Waals surface area contributed by atoms with Gasteiger partial charge < -0.3 is 0 Å². The Morgan fingerprint density at radius 1 is 0.600 bits per heavy atom. The van der Waals surface area contributed by atoms with Crippen molar-refractivity contribution in [2.24, 2.45) is 9.98 Å². The molecule has 0 N–H and O–H groups in total. The van der Waals surface area contributed by atoms with E-state index in [2.05, 4.69) is 37.7 Å². The van der Waals surface area contributed by atoms with Gasteiger partial charge in [-0.2, -0.15) is 0 Å². The van der Waals surface area contributed by atoms with Crippen molar-refractivity contribution in [1.82, 2.24) is 0 Å². The maximum atomic E-state index is 9.39. The van der Waals surface area contributed by atoms with Crippen LogP contribution in [0.5, 0.6) is 0 Å². The first-order valence-electron chi connectivity index (χ1n) is 7.82. The minimum absolute atomic E-state index is 0.639. The number of carbonyl (C=O) groups excluding carboxylic acids is 2. The summed E-state index contributed by atoms with van der Waals surface area (Å²) in [7, 11) is 0. The van der Waals surface area contributed by atoms with Crippen molar-refractivity contribution in [2.45, 2.75) is 79.1 Å². The molecule has 0 aliphatic heterocycles. The largest absolute Gasteiger partial charge is 0.234 e. The second kappa shape index (κ2) is 30.6. The van der Waals surface area contributed by atoms with Crippen LogP contribution in [0.2, 0.25) is 0 Å². The van der Waals surface area contributed by atoms with E-state index >= 15 is 0 Å². The average molecular weight is 284 g/mol. The summed E-state index contributed by atoms with van der Waals surface area (Å²) < 4.78 is 0. The molecule has 0 saturated heterocycles. The Kier molecular flexibility index (Phi) is 36.5. The number of rotatable bonds is 9. The van der Waals surface area contributed by atoms with Gasteiger partial charge in [-0.1, -0.05) is 66.2 Å². The summed E-state index contributed by atoms with van der Waals surface area (Å²) >= 11 is 0. The van der Waals surface area contributed by atoms with Crippen molar-refractivity contribution >= 4 is 12.2 Å².